The number of aliphatic hydroxyl groups is 1. The summed E-state index contributed by atoms with van der Waals surface area (Å²) in [6.45, 7) is 1.95. The zero-order valence-corrected chi connectivity index (χ0v) is 18.5. The van der Waals surface area contributed by atoms with Crippen molar-refractivity contribution in [2.24, 2.45) is 0 Å². The lowest BCUT2D eigenvalue weighted by Gasteiger charge is -2.30. The Bertz CT molecular complexity index is 981. The predicted molar refractivity (Wildman–Crippen MR) is 117 cm³/mol. The normalized spacial score (nSPS) is 17.8. The summed E-state index contributed by atoms with van der Waals surface area (Å²) >= 11 is 0. The number of fused-ring (bicyclic) bond motifs is 1. The van der Waals surface area contributed by atoms with E-state index in [-0.39, 0.29) is 43.4 Å². The summed E-state index contributed by atoms with van der Waals surface area (Å²) in [6.07, 6.45) is -4.94. The van der Waals surface area contributed by atoms with Crippen LogP contribution in [0.4, 0.5) is 18.0 Å². The third-order valence-electron chi connectivity index (χ3n) is 5.86. The molecule has 2 N–H and O–H groups in total. The van der Waals surface area contributed by atoms with Crippen LogP contribution >= 0.6 is 0 Å². The van der Waals surface area contributed by atoms with Crippen molar-refractivity contribution in [1.82, 2.24) is 10.2 Å². The van der Waals surface area contributed by atoms with Crippen LogP contribution in [0.15, 0.2) is 42.5 Å². The van der Waals surface area contributed by atoms with Gasteiger partial charge in [0.05, 0.1) is 6.04 Å². The Labute approximate surface area is 195 Å². The summed E-state index contributed by atoms with van der Waals surface area (Å²) < 4.78 is 57.0. The van der Waals surface area contributed by atoms with Gasteiger partial charge in [-0.1, -0.05) is 30.3 Å². The molecule has 2 atom stereocenters. The number of alkyl halides is 3. The monoisotopic (exact) mass is 480 g/mol. The number of alkyl carbamates (subject to hydrolysis) is 1. The number of carbonyl (C=O) groups excluding carboxylic acids is 1. The zero-order chi connectivity index (χ0) is 24.1. The van der Waals surface area contributed by atoms with Gasteiger partial charge in [0.25, 0.3) is 0 Å². The van der Waals surface area contributed by atoms with E-state index in [9.17, 15) is 23.1 Å². The molecule has 0 aliphatic carbocycles. The highest BCUT2D eigenvalue weighted by atomic mass is 19.4. The van der Waals surface area contributed by atoms with Gasteiger partial charge in [0.2, 0.25) is 0 Å². The Morgan fingerprint density at radius 1 is 1.12 bits per heavy atom. The third kappa shape index (κ3) is 5.92. The lowest BCUT2D eigenvalue weighted by Crippen LogP contribution is -2.46. The van der Waals surface area contributed by atoms with Crippen LogP contribution in [0.2, 0.25) is 0 Å². The number of likely N-dealkylation sites (tertiary alicyclic amines) is 1. The van der Waals surface area contributed by atoms with E-state index in [1.54, 1.807) is 12.1 Å². The molecule has 0 spiro atoms. The molecule has 1 fully saturated rings. The van der Waals surface area contributed by atoms with E-state index >= 15 is 0 Å². The molecule has 0 radical (unpaired) electrons. The number of nitrogens with one attached hydrogen (secondary N) is 1. The quantitative estimate of drug-likeness (QED) is 0.626. The Morgan fingerprint density at radius 2 is 1.82 bits per heavy atom. The maximum Gasteiger partial charge on any atom is 0.420 e. The van der Waals surface area contributed by atoms with Gasteiger partial charge in [-0.3, -0.25) is 0 Å². The molecule has 2 aromatic rings. The first-order chi connectivity index (χ1) is 16.3. The van der Waals surface area contributed by atoms with Crippen molar-refractivity contribution in [3.05, 3.63) is 59.2 Å². The molecule has 4 rings (SSSR count). The topological polar surface area (TPSA) is 80.3 Å². The zero-order valence-electron chi connectivity index (χ0n) is 18.5. The Kier molecular flexibility index (Phi) is 7.47. The van der Waals surface area contributed by atoms with Crippen molar-refractivity contribution in [2.45, 2.75) is 37.8 Å². The highest BCUT2D eigenvalue weighted by Gasteiger charge is 2.39. The van der Waals surface area contributed by atoms with Gasteiger partial charge in [-0.2, -0.15) is 13.2 Å². The first kappa shape index (κ1) is 24.2. The Morgan fingerprint density at radius 3 is 2.53 bits per heavy atom. The van der Waals surface area contributed by atoms with E-state index < -0.39 is 30.0 Å². The van der Waals surface area contributed by atoms with E-state index in [1.165, 1.54) is 6.07 Å². The number of rotatable bonds is 7. The van der Waals surface area contributed by atoms with Crippen LogP contribution in [0.1, 0.15) is 35.6 Å². The van der Waals surface area contributed by atoms with Crippen molar-refractivity contribution < 1.29 is 37.3 Å². The van der Waals surface area contributed by atoms with Crippen molar-refractivity contribution in [3.8, 4) is 11.5 Å². The van der Waals surface area contributed by atoms with Gasteiger partial charge < -0.3 is 29.5 Å². The van der Waals surface area contributed by atoms with Gasteiger partial charge in [-0.15, -0.1) is 0 Å². The van der Waals surface area contributed by atoms with E-state index in [0.29, 0.717) is 0 Å². The van der Waals surface area contributed by atoms with Crippen LogP contribution in [0.5, 0.6) is 11.5 Å². The Hall–Kier alpha value is -2.98. The molecule has 0 unspecified atom stereocenters. The summed E-state index contributed by atoms with van der Waals surface area (Å²) in [5.74, 6) is -0.470. The van der Waals surface area contributed by atoms with E-state index in [0.717, 1.165) is 37.6 Å². The van der Waals surface area contributed by atoms with Gasteiger partial charge in [-0.05, 0) is 49.2 Å². The predicted octanol–water partition coefficient (Wildman–Crippen LogP) is 3.90. The van der Waals surface area contributed by atoms with Crippen molar-refractivity contribution >= 4 is 6.09 Å². The number of carbonyl (C=O) groups is 1. The molecule has 7 nitrogen and oxygen atoms in total. The minimum Gasteiger partial charge on any atom is -0.486 e. The van der Waals surface area contributed by atoms with Gasteiger partial charge in [0, 0.05) is 6.54 Å². The third-order valence-corrected chi connectivity index (χ3v) is 5.86. The van der Waals surface area contributed by atoms with Gasteiger partial charge in [0.1, 0.15) is 31.5 Å². The lowest BCUT2D eigenvalue weighted by molar-refractivity contribution is -0.139. The highest BCUT2D eigenvalue weighted by molar-refractivity contribution is 5.68. The first-order valence-electron chi connectivity index (χ1n) is 11.2. The van der Waals surface area contributed by atoms with E-state index in [1.807, 2.05) is 23.1 Å². The largest absolute Gasteiger partial charge is 0.486 e. The molecular formula is C24H27F3N2O5. The number of halogens is 3. The van der Waals surface area contributed by atoms with E-state index in [2.05, 4.69) is 5.32 Å². The number of amides is 1. The van der Waals surface area contributed by atoms with Crippen LogP contribution in [-0.2, 0) is 17.5 Å². The minimum atomic E-state index is -4.70. The molecule has 34 heavy (non-hydrogen) atoms. The fourth-order valence-electron chi connectivity index (χ4n) is 4.17. The molecule has 10 heteroatoms. The fourth-order valence-corrected chi connectivity index (χ4v) is 4.17. The molecule has 184 valence electrons. The summed E-state index contributed by atoms with van der Waals surface area (Å²) in [5.41, 5.74) is -0.259. The second-order valence-electron chi connectivity index (χ2n) is 8.36. The molecule has 0 aromatic heterocycles. The van der Waals surface area contributed by atoms with Gasteiger partial charge in [0.15, 0.2) is 11.5 Å². The van der Waals surface area contributed by atoms with Crippen LogP contribution in [-0.4, -0.2) is 55.0 Å². The molecule has 0 saturated carbocycles. The second-order valence-corrected chi connectivity index (χ2v) is 8.36. The number of benzene rings is 2. The Balaban J connectivity index is 1.55. The first-order valence-corrected chi connectivity index (χ1v) is 11.2. The highest BCUT2D eigenvalue weighted by Crippen LogP contribution is 2.45. The summed E-state index contributed by atoms with van der Waals surface area (Å²) in [7, 11) is 0. The maximum absolute atomic E-state index is 13.7. The summed E-state index contributed by atoms with van der Waals surface area (Å²) in [5, 5.41) is 13.8. The maximum atomic E-state index is 13.7. The lowest BCUT2D eigenvalue weighted by atomic mass is 9.98. The molecule has 1 amide bonds. The second kappa shape index (κ2) is 10.5. The molecule has 2 heterocycles. The van der Waals surface area contributed by atoms with Gasteiger partial charge >= 0.3 is 12.3 Å². The molecule has 2 aliphatic rings. The van der Waals surface area contributed by atoms with Gasteiger partial charge in [-0.25, -0.2) is 4.79 Å². The minimum absolute atomic E-state index is 0.00434. The van der Waals surface area contributed by atoms with Crippen LogP contribution in [0.25, 0.3) is 0 Å². The number of hydrogen-bond acceptors (Lipinski definition) is 6. The van der Waals surface area contributed by atoms with Crippen LogP contribution in [0, 0.1) is 0 Å². The van der Waals surface area contributed by atoms with Crippen LogP contribution < -0.4 is 14.8 Å². The number of ether oxygens (including phenoxy) is 3. The van der Waals surface area contributed by atoms with Crippen molar-refractivity contribution in [1.29, 1.82) is 0 Å². The molecule has 0 bridgehead atoms. The average Bonchev–Trinajstić information content (AvgIpc) is 3.34. The number of hydrogen-bond donors (Lipinski definition) is 2. The standard InChI is InChI=1S/C24H27F3N2O5/c25-24(26,27)18-12-17(13-20-22(18)33-11-10-32-20)21(30)19(14-29-8-4-5-9-29)28-23(31)34-15-16-6-2-1-3-7-16/h1-3,6-7,12-13,19,21,30H,4-5,8-11,14-15H2,(H,28,31)/t19-,21-/m1/s1. The van der Waals surface area contributed by atoms with Crippen LogP contribution in [0.3, 0.4) is 0 Å². The smallest absolute Gasteiger partial charge is 0.420 e. The number of nitrogens with zero attached hydrogens (tertiary/aromatic N) is 1. The number of aliphatic hydroxyl groups excluding tert-OH is 1. The molecule has 2 aliphatic heterocycles. The van der Waals surface area contributed by atoms with E-state index in [4.69, 9.17) is 14.2 Å². The summed E-state index contributed by atoms with van der Waals surface area (Å²) in [4.78, 5) is 14.6. The summed E-state index contributed by atoms with van der Waals surface area (Å²) in [6, 6.07) is 10.4. The fraction of sp³-hybridized carbons (Fsp3) is 0.458. The molecule has 2 aromatic carbocycles. The molecule has 1 saturated heterocycles. The SMILES string of the molecule is O=C(N[C@H](CN1CCCC1)[C@H](O)c1cc2c(c(C(F)(F)F)c1)OCCO2)OCc1ccccc1. The van der Waals surface area contributed by atoms with Crippen molar-refractivity contribution in [3.63, 3.8) is 0 Å². The average molecular weight is 480 g/mol. The molecular weight excluding hydrogens is 453 g/mol. The van der Waals surface area contributed by atoms with Crippen molar-refractivity contribution in [2.75, 3.05) is 32.8 Å².